The minimum atomic E-state index is -0.638. The van der Waals surface area contributed by atoms with Crippen LogP contribution >= 0.6 is 0 Å². The summed E-state index contributed by atoms with van der Waals surface area (Å²) in [6.45, 7) is 0.500. The summed E-state index contributed by atoms with van der Waals surface area (Å²) >= 11 is 0. The average molecular weight is 419 g/mol. The molecule has 1 atom stereocenters. The summed E-state index contributed by atoms with van der Waals surface area (Å²) in [7, 11) is 0. The van der Waals surface area contributed by atoms with Crippen molar-refractivity contribution in [2.45, 2.75) is 63.5 Å². The van der Waals surface area contributed by atoms with E-state index in [1.54, 1.807) is 12.1 Å². The summed E-state index contributed by atoms with van der Waals surface area (Å²) < 4.78 is 18.0. The summed E-state index contributed by atoms with van der Waals surface area (Å²) in [5.74, 6) is -1.25. The molecule has 3 amide bonds. The Kier molecular flexibility index (Phi) is 8.04. The van der Waals surface area contributed by atoms with Crippen LogP contribution in [-0.4, -0.2) is 54.6 Å². The summed E-state index contributed by atoms with van der Waals surface area (Å²) in [5.41, 5.74) is 0.902. The number of halogens is 1. The van der Waals surface area contributed by atoms with E-state index in [2.05, 4.69) is 10.6 Å². The van der Waals surface area contributed by atoms with E-state index in [1.165, 1.54) is 23.5 Å². The minimum Gasteiger partial charge on any atom is -0.454 e. The number of hydrogen-bond donors (Lipinski definition) is 2. The van der Waals surface area contributed by atoms with Gasteiger partial charge in [0.2, 0.25) is 0 Å². The van der Waals surface area contributed by atoms with Gasteiger partial charge < -0.3 is 20.3 Å². The number of nitrogens with zero attached hydrogens (tertiary/aromatic N) is 1. The Labute approximate surface area is 176 Å². The first-order valence-electron chi connectivity index (χ1n) is 10.8. The van der Waals surface area contributed by atoms with Gasteiger partial charge in [-0.1, -0.05) is 31.4 Å². The number of carbonyl (C=O) groups excluding carboxylic acids is 3. The lowest BCUT2D eigenvalue weighted by Crippen LogP contribution is -2.50. The fourth-order valence-corrected chi connectivity index (χ4v) is 4.04. The van der Waals surface area contributed by atoms with Gasteiger partial charge in [0.05, 0.1) is 0 Å². The van der Waals surface area contributed by atoms with Crippen LogP contribution in [0.25, 0.3) is 0 Å². The Bertz CT molecular complexity index is 734. The molecule has 0 spiro atoms. The van der Waals surface area contributed by atoms with Crippen molar-refractivity contribution in [1.82, 2.24) is 15.5 Å². The number of carbonyl (C=O) groups is 3. The zero-order valence-corrected chi connectivity index (χ0v) is 17.2. The van der Waals surface area contributed by atoms with E-state index < -0.39 is 17.9 Å². The summed E-state index contributed by atoms with van der Waals surface area (Å²) in [4.78, 5) is 38.5. The monoisotopic (exact) mass is 419 g/mol. The van der Waals surface area contributed by atoms with E-state index in [-0.39, 0.29) is 24.5 Å². The standard InChI is InChI=1S/C22H30FN3O4/c23-17-10-8-16(9-11-17)12-13-24-20(27)15-30-21(28)19-7-4-14-26(19)22(29)25-18-5-2-1-3-6-18/h8-11,18-19H,1-7,12-15H2,(H,24,27)(H,25,29)/t19-/m0/s1. The molecule has 30 heavy (non-hydrogen) atoms. The molecule has 1 aromatic rings. The van der Waals surface area contributed by atoms with Crippen molar-refractivity contribution < 1.29 is 23.5 Å². The van der Waals surface area contributed by atoms with Gasteiger partial charge in [-0.3, -0.25) is 4.79 Å². The Morgan fingerprint density at radius 1 is 1.03 bits per heavy atom. The molecule has 1 heterocycles. The van der Waals surface area contributed by atoms with Crippen LogP contribution in [0, 0.1) is 5.82 Å². The normalized spacial score (nSPS) is 19.4. The fourth-order valence-electron chi connectivity index (χ4n) is 4.04. The second-order valence-electron chi connectivity index (χ2n) is 7.97. The molecule has 2 fully saturated rings. The molecule has 0 aromatic heterocycles. The first kappa shape index (κ1) is 22.1. The molecule has 1 saturated heterocycles. The number of hydrogen-bond acceptors (Lipinski definition) is 4. The molecule has 8 heteroatoms. The van der Waals surface area contributed by atoms with Gasteiger partial charge in [-0.2, -0.15) is 0 Å². The SMILES string of the molecule is O=C(COC(=O)[C@@H]1CCCN1C(=O)NC1CCCCC1)NCCc1ccc(F)cc1. The number of likely N-dealkylation sites (tertiary alicyclic amines) is 1. The van der Waals surface area contributed by atoms with Crippen molar-refractivity contribution in [3.8, 4) is 0 Å². The molecule has 2 N–H and O–H groups in total. The first-order valence-corrected chi connectivity index (χ1v) is 10.8. The topological polar surface area (TPSA) is 87.7 Å². The second kappa shape index (κ2) is 10.9. The van der Waals surface area contributed by atoms with Gasteiger partial charge in [0.1, 0.15) is 11.9 Å². The third-order valence-corrected chi connectivity index (χ3v) is 5.71. The molecular weight excluding hydrogens is 389 g/mol. The molecular formula is C22H30FN3O4. The highest BCUT2D eigenvalue weighted by Gasteiger charge is 2.36. The number of rotatable bonds is 7. The van der Waals surface area contributed by atoms with Crippen molar-refractivity contribution in [2.24, 2.45) is 0 Å². The maximum Gasteiger partial charge on any atom is 0.329 e. The molecule has 164 valence electrons. The summed E-state index contributed by atoms with van der Waals surface area (Å²) in [6, 6.07) is 5.39. The molecule has 0 radical (unpaired) electrons. The van der Waals surface area contributed by atoms with Gasteiger partial charge in [0.25, 0.3) is 5.91 Å². The van der Waals surface area contributed by atoms with Crippen LogP contribution in [0.3, 0.4) is 0 Å². The number of amides is 3. The quantitative estimate of drug-likeness (QED) is 0.665. The maximum atomic E-state index is 12.9. The van der Waals surface area contributed by atoms with Gasteiger partial charge >= 0.3 is 12.0 Å². The lowest BCUT2D eigenvalue weighted by Gasteiger charge is -2.28. The summed E-state index contributed by atoms with van der Waals surface area (Å²) in [5, 5.41) is 5.71. The summed E-state index contributed by atoms with van der Waals surface area (Å²) in [6.07, 6.45) is 7.23. The number of esters is 1. The van der Waals surface area contributed by atoms with Gasteiger partial charge in [-0.15, -0.1) is 0 Å². The van der Waals surface area contributed by atoms with Gasteiger partial charge in [-0.25, -0.2) is 14.0 Å². The van der Waals surface area contributed by atoms with Gasteiger partial charge in [0.15, 0.2) is 6.61 Å². The van der Waals surface area contributed by atoms with Crippen LogP contribution < -0.4 is 10.6 Å². The largest absolute Gasteiger partial charge is 0.454 e. The highest BCUT2D eigenvalue weighted by molar-refractivity contribution is 5.86. The molecule has 2 aliphatic rings. The molecule has 3 rings (SSSR count). The van der Waals surface area contributed by atoms with Crippen LogP contribution in [0.4, 0.5) is 9.18 Å². The molecule has 7 nitrogen and oxygen atoms in total. The van der Waals surface area contributed by atoms with Crippen molar-refractivity contribution in [3.63, 3.8) is 0 Å². The van der Waals surface area contributed by atoms with Crippen LogP contribution in [-0.2, 0) is 20.7 Å². The fraction of sp³-hybridized carbons (Fsp3) is 0.591. The van der Waals surface area contributed by atoms with E-state index in [4.69, 9.17) is 4.74 Å². The van der Waals surface area contributed by atoms with E-state index in [1.807, 2.05) is 0 Å². The number of nitrogens with one attached hydrogen (secondary N) is 2. The van der Waals surface area contributed by atoms with Crippen LogP contribution in [0.15, 0.2) is 24.3 Å². The zero-order chi connectivity index (χ0) is 21.3. The predicted molar refractivity (Wildman–Crippen MR) is 109 cm³/mol. The van der Waals surface area contributed by atoms with Crippen LogP contribution in [0.1, 0.15) is 50.5 Å². The van der Waals surface area contributed by atoms with Crippen LogP contribution in [0.5, 0.6) is 0 Å². The Morgan fingerprint density at radius 3 is 2.50 bits per heavy atom. The average Bonchev–Trinajstić information content (AvgIpc) is 3.24. The molecule has 0 unspecified atom stereocenters. The Morgan fingerprint density at radius 2 is 1.77 bits per heavy atom. The highest BCUT2D eigenvalue weighted by Crippen LogP contribution is 2.21. The van der Waals surface area contributed by atoms with E-state index in [9.17, 15) is 18.8 Å². The third-order valence-electron chi connectivity index (χ3n) is 5.71. The van der Waals surface area contributed by atoms with Gasteiger partial charge in [-0.05, 0) is 49.8 Å². The lowest BCUT2D eigenvalue weighted by atomic mass is 9.96. The number of urea groups is 1. The predicted octanol–water partition coefficient (Wildman–Crippen LogP) is 2.53. The van der Waals surface area contributed by atoms with E-state index in [0.29, 0.717) is 25.9 Å². The van der Waals surface area contributed by atoms with Crippen molar-refractivity contribution in [3.05, 3.63) is 35.6 Å². The minimum absolute atomic E-state index is 0.176. The Hall–Kier alpha value is -2.64. The lowest BCUT2D eigenvalue weighted by molar-refractivity contribution is -0.152. The van der Waals surface area contributed by atoms with Crippen molar-refractivity contribution in [2.75, 3.05) is 19.7 Å². The molecule has 1 saturated carbocycles. The van der Waals surface area contributed by atoms with E-state index in [0.717, 1.165) is 37.7 Å². The Balaban J connectivity index is 1.37. The second-order valence-corrected chi connectivity index (χ2v) is 7.97. The van der Waals surface area contributed by atoms with Gasteiger partial charge in [0, 0.05) is 19.1 Å². The van der Waals surface area contributed by atoms with Crippen molar-refractivity contribution in [1.29, 1.82) is 0 Å². The van der Waals surface area contributed by atoms with Crippen molar-refractivity contribution >= 4 is 17.9 Å². The highest BCUT2D eigenvalue weighted by atomic mass is 19.1. The third kappa shape index (κ3) is 6.43. The number of benzene rings is 1. The van der Waals surface area contributed by atoms with E-state index >= 15 is 0 Å². The maximum absolute atomic E-state index is 12.9. The number of ether oxygens (including phenoxy) is 1. The molecule has 1 aliphatic carbocycles. The first-order chi connectivity index (χ1) is 14.5. The zero-order valence-electron chi connectivity index (χ0n) is 17.2. The molecule has 0 bridgehead atoms. The molecule has 1 aromatic carbocycles. The van der Waals surface area contributed by atoms with Crippen LogP contribution in [0.2, 0.25) is 0 Å². The smallest absolute Gasteiger partial charge is 0.329 e. The molecule has 1 aliphatic heterocycles.